The van der Waals surface area contributed by atoms with E-state index in [0.717, 1.165) is 6.42 Å². The lowest BCUT2D eigenvalue weighted by atomic mass is 10.1. The van der Waals surface area contributed by atoms with Crippen molar-refractivity contribution < 1.29 is 0 Å². The van der Waals surface area contributed by atoms with Gasteiger partial charge < -0.3 is 0 Å². The first kappa shape index (κ1) is 16.7. The van der Waals surface area contributed by atoms with Gasteiger partial charge in [-0.1, -0.05) is 83.8 Å². The predicted molar refractivity (Wildman–Crippen MR) is 80.2 cm³/mol. The molecule has 1 radical (unpaired) electrons. The molecule has 101 valence electrons. The van der Waals surface area contributed by atoms with E-state index in [1.54, 1.807) is 0 Å². The van der Waals surface area contributed by atoms with Crippen LogP contribution in [0.5, 0.6) is 0 Å². The van der Waals surface area contributed by atoms with Crippen LogP contribution in [0.3, 0.4) is 0 Å². The molecule has 17 heavy (non-hydrogen) atoms. The molecule has 0 spiro atoms. The van der Waals surface area contributed by atoms with E-state index in [2.05, 4.69) is 26.0 Å². The van der Waals surface area contributed by atoms with Gasteiger partial charge in [0.1, 0.15) is 0 Å². The molecular weight excluding hydrogens is 204 g/mol. The van der Waals surface area contributed by atoms with E-state index in [0.29, 0.717) is 0 Å². The highest BCUT2D eigenvalue weighted by Gasteiger charge is 1.89. The highest BCUT2D eigenvalue weighted by molar-refractivity contribution is 4.81. The lowest BCUT2D eigenvalue weighted by Gasteiger charge is -1.98. The van der Waals surface area contributed by atoms with Crippen molar-refractivity contribution in [3.05, 3.63) is 19.1 Å². The molecule has 0 aliphatic carbocycles. The molecule has 0 heterocycles. The van der Waals surface area contributed by atoms with Crippen LogP contribution in [0.15, 0.2) is 12.2 Å². The highest BCUT2D eigenvalue weighted by atomic mass is 13.9. The van der Waals surface area contributed by atoms with Gasteiger partial charge in [0.15, 0.2) is 0 Å². The third-order valence-corrected chi connectivity index (χ3v) is 3.26. The van der Waals surface area contributed by atoms with Gasteiger partial charge in [0.2, 0.25) is 0 Å². The number of hydrogen-bond acceptors (Lipinski definition) is 0. The molecule has 0 nitrogen and oxygen atoms in total. The van der Waals surface area contributed by atoms with Crippen LogP contribution >= 0.6 is 0 Å². The van der Waals surface area contributed by atoms with Crippen LogP contribution in [0.4, 0.5) is 0 Å². The Bertz CT molecular complexity index is 146. The summed E-state index contributed by atoms with van der Waals surface area (Å²) < 4.78 is 0. The van der Waals surface area contributed by atoms with Gasteiger partial charge in [0.25, 0.3) is 0 Å². The Hall–Kier alpha value is -0.260. The normalized spacial score (nSPS) is 11.4. The van der Waals surface area contributed by atoms with Crippen molar-refractivity contribution >= 4 is 0 Å². The summed E-state index contributed by atoms with van der Waals surface area (Å²) in [7, 11) is 0. The molecule has 0 amide bonds. The Morgan fingerprint density at radius 2 is 1.12 bits per heavy atom. The lowest BCUT2D eigenvalue weighted by molar-refractivity contribution is 0.610. The van der Waals surface area contributed by atoms with Crippen molar-refractivity contribution in [2.75, 3.05) is 0 Å². The van der Waals surface area contributed by atoms with Crippen LogP contribution in [0.2, 0.25) is 0 Å². The summed E-state index contributed by atoms with van der Waals surface area (Å²) in [4.78, 5) is 0. The number of unbranched alkanes of at least 4 members (excludes halogenated alkanes) is 11. The summed E-state index contributed by atoms with van der Waals surface area (Å²) in [5.74, 6) is 0. The fraction of sp³-hybridized carbons (Fsp3) is 0.824. The first-order valence-corrected chi connectivity index (χ1v) is 7.86. The van der Waals surface area contributed by atoms with Gasteiger partial charge in [-0.2, -0.15) is 0 Å². The van der Waals surface area contributed by atoms with Crippen molar-refractivity contribution in [1.82, 2.24) is 0 Å². The molecule has 0 aromatic rings. The summed E-state index contributed by atoms with van der Waals surface area (Å²) >= 11 is 0. The van der Waals surface area contributed by atoms with Crippen LogP contribution in [0.25, 0.3) is 0 Å². The topological polar surface area (TPSA) is 0 Å². The zero-order valence-electron chi connectivity index (χ0n) is 12.1. The minimum Gasteiger partial charge on any atom is -0.0885 e. The fourth-order valence-electron chi connectivity index (χ4n) is 2.07. The van der Waals surface area contributed by atoms with Crippen molar-refractivity contribution in [2.45, 2.75) is 90.4 Å². The minimum atomic E-state index is 1.11. The van der Waals surface area contributed by atoms with Crippen LogP contribution in [0.1, 0.15) is 90.4 Å². The van der Waals surface area contributed by atoms with Crippen LogP contribution in [0, 0.1) is 6.92 Å². The molecule has 0 fully saturated rings. The van der Waals surface area contributed by atoms with Gasteiger partial charge in [-0.3, -0.25) is 0 Å². The van der Waals surface area contributed by atoms with Crippen molar-refractivity contribution in [3.8, 4) is 0 Å². The molecule has 0 atom stereocenters. The fourth-order valence-corrected chi connectivity index (χ4v) is 2.07. The van der Waals surface area contributed by atoms with E-state index in [9.17, 15) is 0 Å². The highest BCUT2D eigenvalue weighted by Crippen LogP contribution is 2.08. The predicted octanol–water partition coefficient (Wildman–Crippen LogP) is 6.47. The molecule has 0 heteroatoms. The molecule has 0 unspecified atom stereocenters. The van der Waals surface area contributed by atoms with E-state index in [-0.39, 0.29) is 0 Å². The Morgan fingerprint density at radius 3 is 1.65 bits per heavy atom. The number of hydrogen-bond donors (Lipinski definition) is 0. The molecule has 0 aliphatic rings. The summed E-state index contributed by atoms with van der Waals surface area (Å²) in [5.41, 5.74) is 0. The van der Waals surface area contributed by atoms with Crippen LogP contribution in [-0.2, 0) is 0 Å². The zero-order chi connectivity index (χ0) is 12.6. The lowest BCUT2D eigenvalue weighted by Crippen LogP contribution is -1.78. The summed E-state index contributed by atoms with van der Waals surface area (Å²) in [6.07, 6.45) is 22.4. The van der Waals surface area contributed by atoms with Gasteiger partial charge >= 0.3 is 0 Å². The second-order valence-corrected chi connectivity index (χ2v) is 5.08. The van der Waals surface area contributed by atoms with E-state index >= 15 is 0 Å². The van der Waals surface area contributed by atoms with E-state index in [4.69, 9.17) is 0 Å². The average Bonchev–Trinajstić information content (AvgIpc) is 2.35. The Balaban J connectivity index is 2.99. The Morgan fingerprint density at radius 1 is 0.647 bits per heavy atom. The first-order valence-electron chi connectivity index (χ1n) is 7.86. The third-order valence-electron chi connectivity index (χ3n) is 3.26. The Kier molecular flexibility index (Phi) is 15.5. The molecule has 0 aromatic heterocycles. The van der Waals surface area contributed by atoms with Crippen molar-refractivity contribution in [3.63, 3.8) is 0 Å². The van der Waals surface area contributed by atoms with Crippen LogP contribution in [-0.4, -0.2) is 0 Å². The van der Waals surface area contributed by atoms with E-state index < -0.39 is 0 Å². The number of allylic oxidation sites excluding steroid dienone is 2. The van der Waals surface area contributed by atoms with Gasteiger partial charge in [0.05, 0.1) is 0 Å². The monoisotopic (exact) mass is 237 g/mol. The smallest absolute Gasteiger partial charge is 0.0351 e. The number of rotatable bonds is 13. The van der Waals surface area contributed by atoms with Crippen LogP contribution < -0.4 is 0 Å². The standard InChI is InChI=1S/C17H33/c1-3-5-7-9-11-13-15-17-16-14-12-10-8-6-4-2/h15,17H,1,3-14,16H2,2H3. The largest absolute Gasteiger partial charge is 0.0885 e. The molecule has 0 bridgehead atoms. The second kappa shape index (κ2) is 15.7. The van der Waals surface area contributed by atoms with Crippen molar-refractivity contribution in [2.24, 2.45) is 0 Å². The summed E-state index contributed by atoms with van der Waals surface area (Å²) in [5, 5.41) is 0. The van der Waals surface area contributed by atoms with Crippen molar-refractivity contribution in [1.29, 1.82) is 0 Å². The molecular formula is C17H33. The van der Waals surface area contributed by atoms with Gasteiger partial charge in [-0.15, -0.1) is 0 Å². The maximum Gasteiger partial charge on any atom is -0.0351 e. The maximum atomic E-state index is 3.87. The first-order chi connectivity index (χ1) is 8.41. The zero-order valence-corrected chi connectivity index (χ0v) is 12.1. The van der Waals surface area contributed by atoms with Gasteiger partial charge in [0, 0.05) is 0 Å². The molecule has 0 N–H and O–H groups in total. The Labute approximate surface area is 110 Å². The van der Waals surface area contributed by atoms with Gasteiger partial charge in [-0.25, -0.2) is 0 Å². The van der Waals surface area contributed by atoms with Gasteiger partial charge in [-0.05, 0) is 25.7 Å². The summed E-state index contributed by atoms with van der Waals surface area (Å²) in [6, 6.07) is 0. The van der Waals surface area contributed by atoms with E-state index in [1.165, 1.54) is 77.0 Å². The SMILES string of the molecule is [CH2]CCCCCCC=CCCCCCCCC. The van der Waals surface area contributed by atoms with E-state index in [1.807, 2.05) is 0 Å². The molecule has 0 saturated heterocycles. The average molecular weight is 237 g/mol. The quantitative estimate of drug-likeness (QED) is 0.254. The summed E-state index contributed by atoms with van der Waals surface area (Å²) in [6.45, 7) is 6.14. The molecule has 0 aliphatic heterocycles. The molecule has 0 saturated carbocycles. The molecule has 0 aromatic carbocycles. The third kappa shape index (κ3) is 15.7. The second-order valence-electron chi connectivity index (χ2n) is 5.08. The molecule has 0 rings (SSSR count). The maximum absolute atomic E-state index is 3.87. The minimum absolute atomic E-state index is 1.11.